The Labute approximate surface area is 95.7 Å². The number of carbonyl (C=O) groups is 1. The second-order valence-electron chi connectivity index (χ2n) is 4.70. The minimum absolute atomic E-state index is 0.374. The summed E-state index contributed by atoms with van der Waals surface area (Å²) < 4.78 is 0. The van der Waals surface area contributed by atoms with E-state index >= 15 is 0 Å². The highest BCUT2D eigenvalue weighted by atomic mass is 16.4. The van der Waals surface area contributed by atoms with Crippen molar-refractivity contribution >= 4 is 11.7 Å². The van der Waals surface area contributed by atoms with Crippen LogP contribution in [0.2, 0.25) is 0 Å². The third kappa shape index (κ3) is 1.66. The number of hydrogen-bond donors (Lipinski definition) is 1. The summed E-state index contributed by atoms with van der Waals surface area (Å²) in [5, 5.41) is 8.99. The lowest BCUT2D eigenvalue weighted by molar-refractivity contribution is 0.0697. The van der Waals surface area contributed by atoms with E-state index in [0.717, 1.165) is 12.1 Å². The molecule has 3 nitrogen and oxygen atoms in total. The van der Waals surface area contributed by atoms with Crippen LogP contribution in [0, 0.1) is 0 Å². The average Bonchev–Trinajstić information content (AvgIpc) is 2.51. The highest BCUT2D eigenvalue weighted by Crippen LogP contribution is 2.34. The Hall–Kier alpha value is -1.51. The smallest absolute Gasteiger partial charge is 0.335 e. The minimum atomic E-state index is -0.856. The van der Waals surface area contributed by atoms with Gasteiger partial charge in [-0.25, -0.2) is 4.79 Å². The van der Waals surface area contributed by atoms with Gasteiger partial charge in [0.2, 0.25) is 0 Å². The van der Waals surface area contributed by atoms with Crippen molar-refractivity contribution in [3.63, 3.8) is 0 Å². The molecule has 0 spiro atoms. The maximum atomic E-state index is 10.9. The zero-order chi connectivity index (χ0) is 11.9. The summed E-state index contributed by atoms with van der Waals surface area (Å²) in [6.45, 7) is 6.46. The van der Waals surface area contributed by atoms with Gasteiger partial charge in [-0.1, -0.05) is 6.07 Å². The van der Waals surface area contributed by atoms with Crippen LogP contribution in [0.5, 0.6) is 0 Å². The van der Waals surface area contributed by atoms with E-state index in [1.165, 1.54) is 5.56 Å². The summed E-state index contributed by atoms with van der Waals surface area (Å²) in [4.78, 5) is 13.2. The van der Waals surface area contributed by atoms with Gasteiger partial charge >= 0.3 is 5.97 Å². The van der Waals surface area contributed by atoms with Gasteiger partial charge in [0.05, 0.1) is 5.56 Å². The first-order valence-corrected chi connectivity index (χ1v) is 5.65. The lowest BCUT2D eigenvalue weighted by Crippen LogP contribution is -2.35. The van der Waals surface area contributed by atoms with Crippen LogP contribution in [0.3, 0.4) is 0 Å². The number of anilines is 1. The predicted octanol–water partition coefficient (Wildman–Crippen LogP) is 2.54. The highest BCUT2D eigenvalue weighted by molar-refractivity contribution is 5.89. The summed E-state index contributed by atoms with van der Waals surface area (Å²) in [5.74, 6) is -0.856. The molecule has 0 bridgehead atoms. The van der Waals surface area contributed by atoms with Gasteiger partial charge in [0, 0.05) is 17.8 Å². The molecule has 1 aromatic rings. The Balaban J connectivity index is 2.46. The summed E-state index contributed by atoms with van der Waals surface area (Å²) in [7, 11) is 0. The van der Waals surface area contributed by atoms with Crippen molar-refractivity contribution in [2.45, 2.75) is 39.3 Å². The Morgan fingerprint density at radius 1 is 1.50 bits per heavy atom. The van der Waals surface area contributed by atoms with Crippen molar-refractivity contribution in [2.24, 2.45) is 0 Å². The zero-order valence-electron chi connectivity index (χ0n) is 9.90. The third-order valence-electron chi connectivity index (χ3n) is 3.16. The predicted molar refractivity (Wildman–Crippen MR) is 64.2 cm³/mol. The molecular formula is C13H17NO2. The van der Waals surface area contributed by atoms with E-state index in [9.17, 15) is 4.79 Å². The van der Waals surface area contributed by atoms with Crippen LogP contribution in [-0.4, -0.2) is 23.2 Å². The second kappa shape index (κ2) is 3.81. The van der Waals surface area contributed by atoms with Crippen molar-refractivity contribution < 1.29 is 9.90 Å². The first kappa shape index (κ1) is 11.0. The molecule has 1 unspecified atom stereocenters. The van der Waals surface area contributed by atoms with Crippen molar-refractivity contribution in [1.82, 2.24) is 0 Å². The van der Waals surface area contributed by atoms with Crippen molar-refractivity contribution in [3.05, 3.63) is 29.3 Å². The normalized spacial score (nSPS) is 19.0. The van der Waals surface area contributed by atoms with E-state index in [-0.39, 0.29) is 0 Å². The standard InChI is InChI=1S/C13H17NO2/c1-8(2)14-9(3)6-10-4-5-11(13(15)16)7-12(10)14/h4-5,7-9H,6H2,1-3H3,(H,15,16). The van der Waals surface area contributed by atoms with Crippen LogP contribution in [0.4, 0.5) is 5.69 Å². The number of benzene rings is 1. The molecule has 1 N–H and O–H groups in total. The molecule has 3 heteroatoms. The van der Waals surface area contributed by atoms with Crippen LogP contribution in [0.25, 0.3) is 0 Å². The largest absolute Gasteiger partial charge is 0.478 e. The fourth-order valence-corrected chi connectivity index (χ4v) is 2.55. The topological polar surface area (TPSA) is 40.5 Å². The number of carboxylic acid groups (broad SMARTS) is 1. The van der Waals surface area contributed by atoms with Crippen molar-refractivity contribution in [2.75, 3.05) is 4.90 Å². The molecule has 0 radical (unpaired) electrons. The van der Waals surface area contributed by atoms with Gasteiger partial charge < -0.3 is 10.0 Å². The molecule has 0 saturated carbocycles. The van der Waals surface area contributed by atoms with Gasteiger partial charge in [-0.15, -0.1) is 0 Å². The van der Waals surface area contributed by atoms with Crippen molar-refractivity contribution in [3.8, 4) is 0 Å². The second-order valence-corrected chi connectivity index (χ2v) is 4.70. The molecule has 0 aliphatic carbocycles. The molecule has 0 amide bonds. The van der Waals surface area contributed by atoms with E-state index in [1.54, 1.807) is 12.1 Å². The Morgan fingerprint density at radius 3 is 2.75 bits per heavy atom. The number of nitrogens with zero attached hydrogens (tertiary/aromatic N) is 1. The quantitative estimate of drug-likeness (QED) is 0.831. The van der Waals surface area contributed by atoms with Gasteiger partial charge in [0.1, 0.15) is 0 Å². The fourth-order valence-electron chi connectivity index (χ4n) is 2.55. The Bertz CT molecular complexity index is 426. The summed E-state index contributed by atoms with van der Waals surface area (Å²) in [6.07, 6.45) is 1.01. The van der Waals surface area contributed by atoms with Gasteiger partial charge in [-0.05, 0) is 44.9 Å². The summed E-state index contributed by atoms with van der Waals surface area (Å²) in [6, 6.07) is 6.29. The van der Waals surface area contributed by atoms with Crippen LogP contribution >= 0.6 is 0 Å². The number of aromatic carboxylic acids is 1. The first-order valence-electron chi connectivity index (χ1n) is 5.65. The molecule has 1 aliphatic heterocycles. The number of fused-ring (bicyclic) bond motifs is 1. The maximum absolute atomic E-state index is 10.9. The van der Waals surface area contributed by atoms with E-state index in [4.69, 9.17) is 5.11 Å². The molecule has 0 saturated heterocycles. The van der Waals surface area contributed by atoms with E-state index in [2.05, 4.69) is 25.7 Å². The summed E-state index contributed by atoms with van der Waals surface area (Å²) in [5.41, 5.74) is 2.71. The molecule has 1 aromatic carbocycles. The monoisotopic (exact) mass is 219 g/mol. The Kier molecular flexibility index (Phi) is 2.62. The number of carboxylic acids is 1. The van der Waals surface area contributed by atoms with Crippen LogP contribution in [0.15, 0.2) is 18.2 Å². The third-order valence-corrected chi connectivity index (χ3v) is 3.16. The van der Waals surface area contributed by atoms with E-state index < -0.39 is 5.97 Å². The molecule has 16 heavy (non-hydrogen) atoms. The Morgan fingerprint density at radius 2 is 2.19 bits per heavy atom. The SMILES string of the molecule is CC(C)N1c2cc(C(=O)O)ccc2CC1C. The van der Waals surface area contributed by atoms with Crippen LogP contribution in [-0.2, 0) is 6.42 Å². The maximum Gasteiger partial charge on any atom is 0.335 e. The molecule has 86 valence electrons. The highest BCUT2D eigenvalue weighted by Gasteiger charge is 2.28. The van der Waals surface area contributed by atoms with Crippen molar-refractivity contribution in [1.29, 1.82) is 0 Å². The zero-order valence-corrected chi connectivity index (χ0v) is 9.90. The molecule has 2 rings (SSSR count). The van der Waals surface area contributed by atoms with Gasteiger partial charge in [-0.3, -0.25) is 0 Å². The molecule has 0 fully saturated rings. The molecule has 1 heterocycles. The first-order chi connectivity index (χ1) is 7.50. The van der Waals surface area contributed by atoms with Gasteiger partial charge in [0.15, 0.2) is 0 Å². The van der Waals surface area contributed by atoms with E-state index in [1.807, 2.05) is 6.07 Å². The fraction of sp³-hybridized carbons (Fsp3) is 0.462. The summed E-state index contributed by atoms with van der Waals surface area (Å²) >= 11 is 0. The average molecular weight is 219 g/mol. The van der Waals surface area contributed by atoms with Crippen LogP contribution < -0.4 is 4.90 Å². The number of hydrogen-bond acceptors (Lipinski definition) is 2. The molecule has 0 aromatic heterocycles. The lowest BCUT2D eigenvalue weighted by atomic mass is 10.1. The molecule has 1 atom stereocenters. The van der Waals surface area contributed by atoms with Gasteiger partial charge in [0.25, 0.3) is 0 Å². The van der Waals surface area contributed by atoms with E-state index in [0.29, 0.717) is 17.6 Å². The minimum Gasteiger partial charge on any atom is -0.478 e. The molecular weight excluding hydrogens is 202 g/mol. The number of rotatable bonds is 2. The molecule has 1 aliphatic rings. The van der Waals surface area contributed by atoms with Gasteiger partial charge in [-0.2, -0.15) is 0 Å². The van der Waals surface area contributed by atoms with Crippen LogP contribution in [0.1, 0.15) is 36.7 Å². The lowest BCUT2D eigenvalue weighted by Gasteiger charge is -2.29.